The third kappa shape index (κ3) is 4.89. The van der Waals surface area contributed by atoms with E-state index in [0.717, 1.165) is 45.4 Å². The largest absolute Gasteiger partial charge is 0.480 e. The lowest BCUT2D eigenvalue weighted by Crippen LogP contribution is -2.15. The van der Waals surface area contributed by atoms with Gasteiger partial charge in [-0.05, 0) is 53.6 Å². The van der Waals surface area contributed by atoms with E-state index in [1.54, 1.807) is 12.4 Å². The highest BCUT2D eigenvalue weighted by atomic mass is 32.2. The molecule has 3 N–H and O–H groups in total. The first-order valence-corrected chi connectivity index (χ1v) is 12.8. The molecule has 3 aromatic heterocycles. The fraction of sp³-hybridized carbons (Fsp3) is 0.0741. The molecule has 0 aliphatic heterocycles. The molecule has 11 heteroatoms. The molecule has 5 rings (SSSR count). The Morgan fingerprint density at radius 1 is 0.895 bits per heavy atom. The predicted molar refractivity (Wildman–Crippen MR) is 140 cm³/mol. The van der Waals surface area contributed by atoms with Crippen molar-refractivity contribution in [3.05, 3.63) is 96.6 Å². The molecule has 0 atom stereocenters. The number of benzene rings is 2. The highest BCUT2D eigenvalue weighted by molar-refractivity contribution is 7.92. The van der Waals surface area contributed by atoms with E-state index in [1.807, 2.05) is 36.4 Å². The van der Waals surface area contributed by atoms with Crippen LogP contribution < -0.4 is 15.2 Å². The number of hydrogen-bond acceptors (Lipinski definition) is 7. The third-order valence-electron chi connectivity index (χ3n) is 5.89. The van der Waals surface area contributed by atoms with Gasteiger partial charge in [-0.15, -0.1) is 0 Å². The molecule has 0 amide bonds. The third-order valence-corrected chi connectivity index (χ3v) is 7.29. The molecule has 5 aromatic rings. The number of nitrogens with zero attached hydrogens (tertiary/aromatic N) is 3. The van der Waals surface area contributed by atoms with Gasteiger partial charge in [0.25, 0.3) is 10.0 Å². The number of rotatable bonds is 7. The number of halogens is 2. The van der Waals surface area contributed by atoms with Gasteiger partial charge in [-0.25, -0.2) is 22.2 Å². The van der Waals surface area contributed by atoms with Crippen molar-refractivity contribution in [3.63, 3.8) is 0 Å². The van der Waals surface area contributed by atoms with Crippen molar-refractivity contribution in [2.45, 2.75) is 11.4 Å². The Balaban J connectivity index is 1.57. The van der Waals surface area contributed by atoms with Gasteiger partial charge in [-0.1, -0.05) is 12.1 Å². The molecule has 0 unspecified atom stereocenters. The summed E-state index contributed by atoms with van der Waals surface area (Å²) in [5, 5.41) is 0.846. The lowest BCUT2D eigenvalue weighted by molar-refractivity contribution is 0.400. The summed E-state index contributed by atoms with van der Waals surface area (Å²) in [5.41, 5.74) is 10.3. The van der Waals surface area contributed by atoms with Gasteiger partial charge in [0.05, 0.1) is 18.3 Å². The average Bonchev–Trinajstić information content (AvgIpc) is 2.92. The van der Waals surface area contributed by atoms with E-state index in [1.165, 1.54) is 19.4 Å². The maximum atomic E-state index is 14.2. The molecule has 192 valence electrons. The lowest BCUT2D eigenvalue weighted by atomic mass is 9.98. The summed E-state index contributed by atoms with van der Waals surface area (Å²) in [5.74, 6) is -2.13. The predicted octanol–water partition coefficient (Wildman–Crippen LogP) is 4.91. The van der Waals surface area contributed by atoms with Gasteiger partial charge in [-0.2, -0.15) is 0 Å². The molecular formula is C27H21F2N5O3S. The molecule has 3 heterocycles. The molecular weight excluding hydrogens is 512 g/mol. The summed E-state index contributed by atoms with van der Waals surface area (Å²) in [7, 11) is -3.08. The minimum Gasteiger partial charge on any atom is -0.480 e. The molecule has 0 saturated carbocycles. The number of methoxy groups -OCH3 is 1. The maximum absolute atomic E-state index is 14.2. The van der Waals surface area contributed by atoms with E-state index >= 15 is 0 Å². The van der Waals surface area contributed by atoms with E-state index in [0.29, 0.717) is 18.2 Å². The first kappa shape index (κ1) is 25.2. The smallest absolute Gasteiger partial charge is 0.264 e. The second-order valence-corrected chi connectivity index (χ2v) is 9.94. The zero-order chi connectivity index (χ0) is 26.9. The standard InChI is InChI=1S/C27H21F2N5O3S/c1-37-27-25(34-38(35,36)26-7-4-19(28)12-23(26)29)11-18(15-33-27)16-3-6-24-22(10-16)21(8-9-31-24)17-2-5-20(13-30)32-14-17/h2-12,14-15,34H,13,30H2,1H3. The van der Waals surface area contributed by atoms with Gasteiger partial charge in [0.2, 0.25) is 5.88 Å². The number of pyridine rings is 3. The highest BCUT2D eigenvalue weighted by Gasteiger charge is 2.22. The Morgan fingerprint density at radius 3 is 2.39 bits per heavy atom. The van der Waals surface area contributed by atoms with Crippen molar-refractivity contribution >= 4 is 26.6 Å². The lowest BCUT2D eigenvalue weighted by Gasteiger charge is -2.14. The first-order valence-electron chi connectivity index (χ1n) is 11.4. The van der Waals surface area contributed by atoms with Crippen LogP contribution in [-0.2, 0) is 16.6 Å². The van der Waals surface area contributed by atoms with Crippen LogP contribution in [0.5, 0.6) is 5.88 Å². The number of nitrogens with two attached hydrogens (primary N) is 1. The quantitative estimate of drug-likeness (QED) is 0.305. The summed E-state index contributed by atoms with van der Waals surface area (Å²) in [4.78, 5) is 12.3. The minimum absolute atomic E-state index is 0.0122. The summed E-state index contributed by atoms with van der Waals surface area (Å²) >= 11 is 0. The summed E-state index contributed by atoms with van der Waals surface area (Å²) < 4.78 is 60.8. The van der Waals surface area contributed by atoms with Crippen molar-refractivity contribution in [3.8, 4) is 28.1 Å². The fourth-order valence-electron chi connectivity index (χ4n) is 4.02. The van der Waals surface area contributed by atoms with Gasteiger partial charge in [0.1, 0.15) is 22.2 Å². The topological polar surface area (TPSA) is 120 Å². The molecule has 0 aliphatic rings. The van der Waals surface area contributed by atoms with Crippen molar-refractivity contribution in [1.82, 2.24) is 15.0 Å². The average molecular weight is 534 g/mol. The summed E-state index contributed by atoms with van der Waals surface area (Å²) in [6.07, 6.45) is 4.99. The van der Waals surface area contributed by atoms with Gasteiger partial charge >= 0.3 is 0 Å². The van der Waals surface area contributed by atoms with Gasteiger partial charge in [0, 0.05) is 47.7 Å². The van der Waals surface area contributed by atoms with Gasteiger partial charge in [0.15, 0.2) is 0 Å². The van der Waals surface area contributed by atoms with Crippen LogP contribution in [0.1, 0.15) is 5.69 Å². The fourth-order valence-corrected chi connectivity index (χ4v) is 5.13. The number of nitrogens with one attached hydrogen (secondary N) is 1. The monoisotopic (exact) mass is 533 g/mol. The van der Waals surface area contributed by atoms with Gasteiger partial charge in [-0.3, -0.25) is 14.7 Å². The van der Waals surface area contributed by atoms with Crippen LogP contribution in [0.25, 0.3) is 33.2 Å². The van der Waals surface area contributed by atoms with Crippen LogP contribution in [0.15, 0.2) is 84.1 Å². The maximum Gasteiger partial charge on any atom is 0.264 e. The van der Waals surface area contributed by atoms with Crippen molar-refractivity contribution in [1.29, 1.82) is 0 Å². The molecule has 0 spiro atoms. The van der Waals surface area contributed by atoms with Crippen LogP contribution in [-0.4, -0.2) is 30.5 Å². The van der Waals surface area contributed by atoms with Gasteiger partial charge < -0.3 is 10.5 Å². The number of anilines is 1. The summed E-state index contributed by atoms with van der Waals surface area (Å²) in [6, 6.07) is 15.0. The summed E-state index contributed by atoms with van der Waals surface area (Å²) in [6.45, 7) is 0.339. The molecule has 0 radical (unpaired) electrons. The first-order chi connectivity index (χ1) is 18.3. The number of ether oxygens (including phenoxy) is 1. The Morgan fingerprint density at radius 2 is 1.68 bits per heavy atom. The van der Waals surface area contributed by atoms with E-state index < -0.39 is 26.6 Å². The van der Waals surface area contributed by atoms with E-state index in [-0.39, 0.29) is 11.6 Å². The Bertz CT molecular complexity index is 1760. The number of fused-ring (bicyclic) bond motifs is 1. The van der Waals surface area contributed by atoms with E-state index in [2.05, 4.69) is 19.7 Å². The molecule has 0 aliphatic carbocycles. The number of hydrogen-bond donors (Lipinski definition) is 2. The minimum atomic E-state index is -4.41. The van der Waals surface area contributed by atoms with Crippen molar-refractivity contribution in [2.75, 3.05) is 11.8 Å². The SMILES string of the molecule is COc1ncc(-c2ccc3nccc(-c4ccc(CN)nc4)c3c2)cc1NS(=O)(=O)c1ccc(F)cc1F. The normalized spacial score (nSPS) is 11.5. The molecule has 0 saturated heterocycles. The van der Waals surface area contributed by atoms with Crippen LogP contribution in [0.3, 0.4) is 0 Å². The van der Waals surface area contributed by atoms with Crippen molar-refractivity contribution < 1.29 is 21.9 Å². The molecule has 2 aromatic carbocycles. The van der Waals surface area contributed by atoms with E-state index in [4.69, 9.17) is 10.5 Å². The van der Waals surface area contributed by atoms with Crippen molar-refractivity contribution in [2.24, 2.45) is 5.73 Å². The van der Waals surface area contributed by atoms with Crippen LogP contribution in [0.4, 0.5) is 14.5 Å². The number of sulfonamides is 1. The van der Waals surface area contributed by atoms with Crippen LogP contribution in [0.2, 0.25) is 0 Å². The zero-order valence-electron chi connectivity index (χ0n) is 20.0. The Kier molecular flexibility index (Phi) is 6.70. The zero-order valence-corrected chi connectivity index (χ0v) is 20.8. The second-order valence-electron chi connectivity index (χ2n) is 8.29. The number of aromatic nitrogens is 3. The highest BCUT2D eigenvalue weighted by Crippen LogP contribution is 2.34. The van der Waals surface area contributed by atoms with Crippen LogP contribution in [0, 0.1) is 11.6 Å². The van der Waals surface area contributed by atoms with Crippen LogP contribution >= 0.6 is 0 Å². The Hall–Kier alpha value is -4.48. The second kappa shape index (κ2) is 10.1. The molecule has 38 heavy (non-hydrogen) atoms. The van der Waals surface area contributed by atoms with E-state index in [9.17, 15) is 17.2 Å². The molecule has 0 bridgehead atoms. The Labute approximate surface area is 217 Å². The molecule has 0 fully saturated rings. The molecule has 8 nitrogen and oxygen atoms in total.